The van der Waals surface area contributed by atoms with E-state index in [0.29, 0.717) is 44.1 Å². The van der Waals surface area contributed by atoms with Gasteiger partial charge in [-0.1, -0.05) is 27.4 Å². The number of nitrogens with one attached hydrogen (secondary N) is 2. The molecule has 1 fully saturated rings. The van der Waals surface area contributed by atoms with Gasteiger partial charge < -0.3 is 58.8 Å². The molecular formula is C34H40IN7O9S3. The summed E-state index contributed by atoms with van der Waals surface area (Å²) < 4.78 is 23.7. The maximum Gasteiger partial charge on any atom is 0.461 e. The number of pyridine rings is 1. The van der Waals surface area contributed by atoms with Gasteiger partial charge in [0.15, 0.2) is 5.13 Å². The number of carbonyl (C=O) groups is 4. The number of esters is 1. The lowest BCUT2D eigenvalue weighted by Crippen LogP contribution is -3.00. The third kappa shape index (κ3) is 9.87. The highest BCUT2D eigenvalue weighted by molar-refractivity contribution is 8.01. The summed E-state index contributed by atoms with van der Waals surface area (Å²) in [5.41, 5.74) is 10.5. The van der Waals surface area contributed by atoms with Crippen molar-refractivity contribution in [1.82, 2.24) is 15.2 Å². The van der Waals surface area contributed by atoms with E-state index < -0.39 is 46.1 Å². The molecule has 4 heterocycles. The second-order valence-electron chi connectivity index (χ2n) is 12.5. The number of benzene rings is 1. The zero-order valence-electron chi connectivity index (χ0n) is 30.4. The smallest absolute Gasteiger partial charge is 0.461 e. The number of β-lactam (4-membered cyclic amide) rings is 1. The predicted molar refractivity (Wildman–Crippen MR) is 199 cm³/mol. The molecule has 0 radical (unpaired) electrons. The molecule has 2 aliphatic heterocycles. The number of hydrogen-bond donors (Lipinski definition) is 3. The van der Waals surface area contributed by atoms with E-state index in [1.54, 1.807) is 76.7 Å². The number of hydrogen-bond acceptors (Lipinski definition) is 15. The van der Waals surface area contributed by atoms with Gasteiger partial charge in [-0.25, -0.2) is 14.6 Å². The molecule has 2 aliphatic rings. The molecule has 4 N–H and O–H groups in total. The zero-order valence-corrected chi connectivity index (χ0v) is 35.0. The van der Waals surface area contributed by atoms with Crippen LogP contribution in [0.4, 0.5) is 9.93 Å². The van der Waals surface area contributed by atoms with E-state index in [9.17, 15) is 19.2 Å². The monoisotopic (exact) mass is 913 g/mol. The fourth-order valence-electron chi connectivity index (χ4n) is 5.40. The van der Waals surface area contributed by atoms with Gasteiger partial charge in [0, 0.05) is 24.1 Å². The molecule has 20 heteroatoms. The molecule has 3 atom stereocenters. The fraction of sp³-hybridized carbons (Fsp3) is 0.382. The first-order chi connectivity index (χ1) is 25.2. The number of thioether (sulfide) groups is 2. The Morgan fingerprint density at radius 3 is 2.46 bits per heavy atom. The van der Waals surface area contributed by atoms with Gasteiger partial charge in [0.25, 0.3) is 17.5 Å². The summed E-state index contributed by atoms with van der Waals surface area (Å²) in [6.07, 6.45) is 1.94. The third-order valence-electron chi connectivity index (χ3n) is 7.77. The quantitative estimate of drug-likeness (QED) is 0.0413. The lowest BCUT2D eigenvalue weighted by Gasteiger charge is -2.51. The van der Waals surface area contributed by atoms with E-state index in [1.807, 2.05) is 0 Å². The highest BCUT2D eigenvalue weighted by Crippen LogP contribution is 2.53. The van der Waals surface area contributed by atoms with E-state index in [1.165, 1.54) is 58.7 Å². The van der Waals surface area contributed by atoms with Crippen molar-refractivity contribution < 1.29 is 71.6 Å². The number of carbonyl (C=O) groups excluding carboxylic acids is 4. The molecule has 3 aromatic rings. The second kappa shape index (κ2) is 18.4. The minimum atomic E-state index is -0.974. The molecule has 1 aromatic carbocycles. The molecule has 1 saturated heterocycles. The van der Waals surface area contributed by atoms with Crippen LogP contribution in [-0.4, -0.2) is 84.1 Å². The Balaban J connectivity index is 0.00000650. The number of thiazole rings is 1. The van der Waals surface area contributed by atoms with Gasteiger partial charge in [-0.2, -0.15) is 0 Å². The summed E-state index contributed by atoms with van der Waals surface area (Å²) >= 11 is 3.94. The number of halogens is 1. The van der Waals surface area contributed by atoms with Crippen molar-refractivity contribution in [2.45, 2.75) is 61.5 Å². The maximum absolute atomic E-state index is 14.2. The minimum Gasteiger partial charge on any atom is -1.00 e. The number of oxime groups is 1. The number of nitrogens with zero attached hydrogens (tertiary/aromatic N) is 4. The Hall–Kier alpha value is -4.28. The number of nitrogens with two attached hydrogens (primary N) is 1. The topological polar surface area (TPSA) is 197 Å². The van der Waals surface area contributed by atoms with Crippen molar-refractivity contribution in [3.63, 3.8) is 0 Å². The van der Waals surface area contributed by atoms with Crippen LogP contribution in [-0.2, 0) is 35.3 Å². The molecule has 290 valence electrons. The maximum atomic E-state index is 14.2. The van der Waals surface area contributed by atoms with E-state index in [4.69, 9.17) is 24.7 Å². The summed E-state index contributed by atoms with van der Waals surface area (Å²) in [7, 11) is 4.36. The molecule has 0 saturated carbocycles. The van der Waals surface area contributed by atoms with Crippen LogP contribution in [0.2, 0.25) is 0 Å². The number of rotatable bonds is 13. The summed E-state index contributed by atoms with van der Waals surface area (Å²) in [4.78, 5) is 64.2. The van der Waals surface area contributed by atoms with Crippen LogP contribution in [0.25, 0.3) is 0 Å². The van der Waals surface area contributed by atoms with Crippen molar-refractivity contribution in [3.05, 3.63) is 70.1 Å². The molecule has 0 spiro atoms. The molecule has 5 rings (SSSR count). The van der Waals surface area contributed by atoms with E-state index in [2.05, 4.69) is 25.7 Å². The fourth-order valence-corrected chi connectivity index (χ4v) is 8.89. The molecule has 2 aromatic heterocycles. The number of anilines is 1. The SMILES string of the molecule is CO/N=C\C(=O)N[C@@H]1C(=O)N2C(C(=O)OCc3ccc(OC)cc3)=C(CSc3cc[n+](NC(=O)OC(C)(C)C)c(C)c3OC)C(c3csc(N)n3)S[C@H]12.[I-]. The average Bonchev–Trinajstić information content (AvgIpc) is 3.56. The second-order valence-corrected chi connectivity index (χ2v) is 15.6. The van der Waals surface area contributed by atoms with Gasteiger partial charge in [0.05, 0.1) is 30.1 Å². The number of ether oxygens (including phenoxy) is 4. The van der Waals surface area contributed by atoms with Crippen molar-refractivity contribution in [3.8, 4) is 11.5 Å². The number of nitrogen functional groups attached to an aromatic ring is 1. The average molecular weight is 914 g/mol. The van der Waals surface area contributed by atoms with Crippen LogP contribution in [0, 0.1) is 6.92 Å². The summed E-state index contributed by atoms with van der Waals surface area (Å²) in [6.45, 7) is 6.99. The number of methoxy groups -OCH3 is 2. The van der Waals surface area contributed by atoms with E-state index in [-0.39, 0.29) is 42.0 Å². The van der Waals surface area contributed by atoms with Crippen LogP contribution in [0.15, 0.2) is 63.2 Å². The predicted octanol–water partition coefficient (Wildman–Crippen LogP) is 0.684. The van der Waals surface area contributed by atoms with Crippen LogP contribution in [0.5, 0.6) is 11.5 Å². The van der Waals surface area contributed by atoms with Crippen LogP contribution < -0.4 is 54.6 Å². The number of fused-ring (bicyclic) bond motifs is 1. The Morgan fingerprint density at radius 2 is 1.85 bits per heavy atom. The first-order valence-electron chi connectivity index (χ1n) is 16.1. The molecule has 0 bridgehead atoms. The largest absolute Gasteiger partial charge is 1.00 e. The molecule has 3 amide bonds. The van der Waals surface area contributed by atoms with Gasteiger partial charge >= 0.3 is 12.1 Å². The summed E-state index contributed by atoms with van der Waals surface area (Å²) in [5.74, 6) is -0.570. The lowest BCUT2D eigenvalue weighted by atomic mass is 10.00. The third-order valence-corrected chi connectivity index (χ3v) is 11.1. The Labute approximate surface area is 341 Å². The lowest BCUT2D eigenvalue weighted by molar-refractivity contribution is -0.649. The van der Waals surface area contributed by atoms with Gasteiger partial charge in [-0.15, -0.1) is 34.9 Å². The van der Waals surface area contributed by atoms with Crippen LogP contribution in [0.3, 0.4) is 0 Å². The number of amides is 3. The first-order valence-corrected chi connectivity index (χ1v) is 18.9. The zero-order chi connectivity index (χ0) is 38.4. The van der Waals surface area contributed by atoms with E-state index >= 15 is 0 Å². The normalized spacial score (nSPS) is 17.9. The first kappa shape index (κ1) is 42.5. The minimum absolute atomic E-state index is 0. The molecule has 1 unspecified atom stereocenters. The molecule has 54 heavy (non-hydrogen) atoms. The highest BCUT2D eigenvalue weighted by Gasteiger charge is 2.57. The Morgan fingerprint density at radius 1 is 1.13 bits per heavy atom. The van der Waals surface area contributed by atoms with E-state index in [0.717, 1.165) is 6.21 Å². The van der Waals surface area contributed by atoms with Crippen molar-refractivity contribution in [1.29, 1.82) is 0 Å². The summed E-state index contributed by atoms with van der Waals surface area (Å²) in [5, 5.41) is 7.02. The number of aromatic nitrogens is 2. The van der Waals surface area contributed by atoms with Crippen molar-refractivity contribution >= 4 is 70.1 Å². The molecule has 0 aliphatic carbocycles. The molecular weight excluding hydrogens is 874 g/mol. The van der Waals surface area contributed by atoms with Crippen LogP contribution in [0.1, 0.15) is 43.0 Å². The van der Waals surface area contributed by atoms with Gasteiger partial charge in [-0.3, -0.25) is 14.5 Å². The standard InChI is InChI=1S/C34H39N7O9S3.HI/c1-18-27(47-6)23(12-13-40(18)39-33(45)50-34(2,3)4)51-16-21-26(31(44)49-15-19-8-10-20(46-5)11-9-19)41-29(43)25(38-24(42)14-36-48-7)30(41)53-28(21)22-17-52-32(35)37-22;/h8-14,17,25,28,30H,15-16H2,1-7H3,(H3-,35,37,38,39,42,45);1H/b36-14-;/t25-,28?,30-;/m1./s1. The Bertz CT molecular complexity index is 1940. The van der Waals surface area contributed by atoms with Gasteiger partial charge in [0.1, 0.15) is 48.4 Å². The Kier molecular flexibility index (Phi) is 14.4. The molecule has 16 nitrogen and oxygen atoms in total. The summed E-state index contributed by atoms with van der Waals surface area (Å²) in [6, 6.07) is 7.83. The van der Waals surface area contributed by atoms with Gasteiger partial charge in [0.2, 0.25) is 11.9 Å². The van der Waals surface area contributed by atoms with Crippen molar-refractivity contribution in [2.24, 2.45) is 5.16 Å². The van der Waals surface area contributed by atoms with Gasteiger partial charge in [-0.05, 0) is 44.0 Å². The highest BCUT2D eigenvalue weighted by atomic mass is 127. The van der Waals surface area contributed by atoms with Crippen LogP contribution >= 0.6 is 34.9 Å². The van der Waals surface area contributed by atoms with Crippen molar-refractivity contribution in [2.75, 3.05) is 38.2 Å².